The van der Waals surface area contributed by atoms with E-state index < -0.39 is 0 Å². The van der Waals surface area contributed by atoms with Crippen LogP contribution in [-0.4, -0.2) is 4.98 Å². The van der Waals surface area contributed by atoms with Crippen LogP contribution in [0.2, 0.25) is 0 Å². The normalized spacial score (nSPS) is 11.4. The van der Waals surface area contributed by atoms with Gasteiger partial charge in [0.2, 0.25) is 0 Å². The number of rotatable bonds is 4. The summed E-state index contributed by atoms with van der Waals surface area (Å²) in [7, 11) is 0. The van der Waals surface area contributed by atoms with Gasteiger partial charge in [0.05, 0.1) is 11.3 Å². The summed E-state index contributed by atoms with van der Waals surface area (Å²) in [5.41, 5.74) is 5.90. The van der Waals surface area contributed by atoms with Crippen LogP contribution in [0.4, 0.5) is 0 Å². The standard InChI is InChI=1S/C28H18N2S/c29-18-25(17-24-11-6-10-22-9-4-5-12-26(22)24)28-30-27(19-31-28)23-15-13-21(14-16-23)20-7-2-1-3-8-20/h1-17,19H/b25-17-. The van der Waals surface area contributed by atoms with E-state index in [4.69, 9.17) is 4.98 Å². The van der Waals surface area contributed by atoms with Crippen LogP contribution in [0.25, 0.3) is 44.8 Å². The molecule has 0 unspecified atom stereocenters. The monoisotopic (exact) mass is 414 g/mol. The van der Waals surface area contributed by atoms with Crippen molar-refractivity contribution in [2.45, 2.75) is 0 Å². The molecule has 4 aromatic carbocycles. The highest BCUT2D eigenvalue weighted by Gasteiger charge is 2.10. The molecule has 5 aromatic rings. The first-order valence-corrected chi connectivity index (χ1v) is 10.9. The van der Waals surface area contributed by atoms with Gasteiger partial charge in [0, 0.05) is 10.9 Å². The number of nitriles is 1. The summed E-state index contributed by atoms with van der Waals surface area (Å²) in [6, 6.07) is 35.4. The molecule has 5 rings (SSSR count). The zero-order valence-corrected chi connectivity index (χ0v) is 17.5. The number of aromatic nitrogens is 1. The fraction of sp³-hybridized carbons (Fsp3) is 0. The first-order chi connectivity index (χ1) is 15.3. The van der Waals surface area contributed by atoms with Gasteiger partial charge < -0.3 is 0 Å². The summed E-state index contributed by atoms with van der Waals surface area (Å²) in [6.07, 6.45) is 1.93. The van der Waals surface area contributed by atoms with Crippen LogP contribution in [0, 0.1) is 11.3 Å². The molecular formula is C28H18N2S. The van der Waals surface area contributed by atoms with E-state index in [2.05, 4.69) is 60.7 Å². The minimum absolute atomic E-state index is 0.577. The van der Waals surface area contributed by atoms with Crippen LogP contribution in [0.15, 0.2) is 102 Å². The van der Waals surface area contributed by atoms with Gasteiger partial charge in [-0.3, -0.25) is 0 Å². The Morgan fingerprint density at radius 3 is 2.23 bits per heavy atom. The predicted octanol–water partition coefficient (Wildman–Crippen LogP) is 7.69. The van der Waals surface area contributed by atoms with Gasteiger partial charge in [-0.1, -0.05) is 97.1 Å². The van der Waals surface area contributed by atoms with Gasteiger partial charge in [-0.2, -0.15) is 5.26 Å². The summed E-state index contributed by atoms with van der Waals surface area (Å²) in [4.78, 5) is 4.76. The SMILES string of the molecule is N#C/C(=C/c1cccc2ccccc12)c1nc(-c2ccc(-c3ccccc3)cc2)cs1. The van der Waals surface area contributed by atoms with Crippen LogP contribution in [-0.2, 0) is 0 Å². The molecule has 0 aliphatic heterocycles. The third-order valence-corrected chi connectivity index (χ3v) is 6.14. The molecule has 0 bridgehead atoms. The Hall–Kier alpha value is -4.00. The van der Waals surface area contributed by atoms with Crippen molar-refractivity contribution in [1.29, 1.82) is 5.26 Å². The quantitative estimate of drug-likeness (QED) is 0.283. The average Bonchev–Trinajstić information content (AvgIpc) is 3.33. The zero-order chi connectivity index (χ0) is 21.0. The molecule has 0 saturated carbocycles. The molecule has 1 heterocycles. The number of allylic oxidation sites excluding steroid dienone is 1. The first-order valence-electron chi connectivity index (χ1n) is 10.0. The lowest BCUT2D eigenvalue weighted by Gasteiger charge is -2.03. The third-order valence-electron chi connectivity index (χ3n) is 5.27. The van der Waals surface area contributed by atoms with Gasteiger partial charge in [-0.05, 0) is 33.5 Å². The lowest BCUT2D eigenvalue weighted by molar-refractivity contribution is 1.37. The molecule has 31 heavy (non-hydrogen) atoms. The number of fused-ring (bicyclic) bond motifs is 1. The maximum atomic E-state index is 9.80. The van der Waals surface area contributed by atoms with E-state index >= 15 is 0 Å². The van der Waals surface area contributed by atoms with Crippen molar-refractivity contribution in [1.82, 2.24) is 4.98 Å². The molecule has 0 aliphatic rings. The topological polar surface area (TPSA) is 36.7 Å². The van der Waals surface area contributed by atoms with Gasteiger partial charge in [0.15, 0.2) is 0 Å². The molecular weight excluding hydrogens is 396 g/mol. The van der Waals surface area contributed by atoms with Crippen LogP contribution < -0.4 is 0 Å². The van der Waals surface area contributed by atoms with Gasteiger partial charge in [0.1, 0.15) is 11.1 Å². The molecule has 2 nitrogen and oxygen atoms in total. The lowest BCUT2D eigenvalue weighted by Crippen LogP contribution is -1.84. The van der Waals surface area contributed by atoms with Crippen LogP contribution >= 0.6 is 11.3 Å². The molecule has 0 radical (unpaired) electrons. The maximum absolute atomic E-state index is 9.80. The zero-order valence-electron chi connectivity index (χ0n) is 16.7. The Bertz CT molecular complexity index is 1420. The van der Waals surface area contributed by atoms with E-state index in [9.17, 15) is 5.26 Å². The summed E-state index contributed by atoms with van der Waals surface area (Å²) < 4.78 is 0. The highest BCUT2D eigenvalue weighted by Crippen LogP contribution is 2.30. The number of hydrogen-bond acceptors (Lipinski definition) is 3. The van der Waals surface area contributed by atoms with Crippen LogP contribution in [0.5, 0.6) is 0 Å². The van der Waals surface area contributed by atoms with Crippen molar-refractivity contribution in [3.63, 3.8) is 0 Å². The highest BCUT2D eigenvalue weighted by atomic mass is 32.1. The van der Waals surface area contributed by atoms with Crippen molar-refractivity contribution in [2.24, 2.45) is 0 Å². The summed E-state index contributed by atoms with van der Waals surface area (Å²) in [5.74, 6) is 0. The number of hydrogen-bond donors (Lipinski definition) is 0. The first kappa shape index (κ1) is 19.0. The fourth-order valence-electron chi connectivity index (χ4n) is 3.67. The molecule has 0 atom stereocenters. The van der Waals surface area contributed by atoms with Crippen molar-refractivity contribution >= 4 is 33.8 Å². The molecule has 0 N–H and O–H groups in total. The maximum Gasteiger partial charge on any atom is 0.134 e. The van der Waals surface area contributed by atoms with E-state index in [0.29, 0.717) is 5.57 Å². The molecule has 0 amide bonds. The second kappa shape index (κ2) is 8.39. The van der Waals surface area contributed by atoms with E-state index in [0.717, 1.165) is 32.6 Å². The lowest BCUT2D eigenvalue weighted by atomic mass is 10.0. The number of benzene rings is 4. The molecule has 0 fully saturated rings. The molecule has 0 spiro atoms. The van der Waals surface area contributed by atoms with E-state index in [-0.39, 0.29) is 0 Å². The minimum Gasteiger partial charge on any atom is -0.235 e. The van der Waals surface area contributed by atoms with Crippen molar-refractivity contribution < 1.29 is 0 Å². The van der Waals surface area contributed by atoms with Gasteiger partial charge in [0.25, 0.3) is 0 Å². The molecule has 0 aliphatic carbocycles. The number of thiazole rings is 1. The van der Waals surface area contributed by atoms with Gasteiger partial charge in [-0.25, -0.2) is 4.98 Å². The summed E-state index contributed by atoms with van der Waals surface area (Å²) in [6.45, 7) is 0. The molecule has 3 heteroatoms. The summed E-state index contributed by atoms with van der Waals surface area (Å²) in [5, 5.41) is 14.8. The molecule has 0 saturated heterocycles. The predicted molar refractivity (Wildman–Crippen MR) is 130 cm³/mol. The van der Waals surface area contributed by atoms with Crippen LogP contribution in [0.3, 0.4) is 0 Å². The van der Waals surface area contributed by atoms with Crippen molar-refractivity contribution in [3.05, 3.63) is 113 Å². The highest BCUT2D eigenvalue weighted by molar-refractivity contribution is 7.11. The molecule has 146 valence electrons. The fourth-order valence-corrected chi connectivity index (χ4v) is 4.46. The molecule has 1 aromatic heterocycles. The van der Waals surface area contributed by atoms with Crippen molar-refractivity contribution in [3.8, 4) is 28.5 Å². The van der Waals surface area contributed by atoms with E-state index in [1.807, 2.05) is 53.9 Å². The van der Waals surface area contributed by atoms with Gasteiger partial charge in [-0.15, -0.1) is 11.3 Å². The Morgan fingerprint density at radius 2 is 1.42 bits per heavy atom. The Balaban J connectivity index is 1.46. The third kappa shape index (κ3) is 3.90. The average molecular weight is 415 g/mol. The van der Waals surface area contributed by atoms with Gasteiger partial charge >= 0.3 is 0 Å². The Kier molecular flexibility index (Phi) is 5.14. The second-order valence-corrected chi connectivity index (χ2v) is 8.08. The van der Waals surface area contributed by atoms with Crippen LogP contribution in [0.1, 0.15) is 10.6 Å². The second-order valence-electron chi connectivity index (χ2n) is 7.22. The van der Waals surface area contributed by atoms with Crippen molar-refractivity contribution in [2.75, 3.05) is 0 Å². The van der Waals surface area contributed by atoms with E-state index in [1.165, 1.54) is 22.5 Å². The smallest absolute Gasteiger partial charge is 0.134 e. The Labute approximate surface area is 185 Å². The largest absolute Gasteiger partial charge is 0.235 e. The minimum atomic E-state index is 0.577. The Morgan fingerprint density at radius 1 is 0.742 bits per heavy atom. The van der Waals surface area contributed by atoms with E-state index in [1.54, 1.807) is 0 Å². The number of nitrogens with zero attached hydrogens (tertiary/aromatic N) is 2. The summed E-state index contributed by atoms with van der Waals surface area (Å²) >= 11 is 1.50.